The van der Waals surface area contributed by atoms with Gasteiger partial charge in [0, 0.05) is 10.6 Å². The monoisotopic (exact) mass is 482 g/mol. The Labute approximate surface area is 183 Å². The molecule has 30 heavy (non-hydrogen) atoms. The molecule has 0 heterocycles. The van der Waals surface area contributed by atoms with Gasteiger partial charge in [0.1, 0.15) is 6.54 Å². The molecular formula is C18H12Cl3F3N2O4. The van der Waals surface area contributed by atoms with Gasteiger partial charge in [-0.1, -0.05) is 34.8 Å². The van der Waals surface area contributed by atoms with Crippen LogP contribution in [0.2, 0.25) is 15.1 Å². The summed E-state index contributed by atoms with van der Waals surface area (Å²) in [6, 6.07) is 6.13. The van der Waals surface area contributed by atoms with Gasteiger partial charge in [0.2, 0.25) is 0 Å². The lowest BCUT2D eigenvalue weighted by atomic mass is 10.1. The average molecular weight is 484 g/mol. The number of nitrogens with one attached hydrogen (secondary N) is 2. The predicted molar refractivity (Wildman–Crippen MR) is 105 cm³/mol. The highest BCUT2D eigenvalue weighted by molar-refractivity contribution is 6.42. The Bertz CT molecular complexity index is 943. The maximum Gasteiger partial charge on any atom is 0.416 e. The third kappa shape index (κ3) is 6.79. The van der Waals surface area contributed by atoms with Crippen molar-refractivity contribution in [3.63, 3.8) is 0 Å². The second kappa shape index (κ2) is 10.0. The van der Waals surface area contributed by atoms with E-state index < -0.39 is 42.7 Å². The van der Waals surface area contributed by atoms with Crippen LogP contribution in [0.25, 0.3) is 0 Å². The Balaban J connectivity index is 1.81. The smallest absolute Gasteiger partial charge is 0.416 e. The Morgan fingerprint density at radius 1 is 0.967 bits per heavy atom. The molecule has 12 heteroatoms. The lowest BCUT2D eigenvalue weighted by Crippen LogP contribution is -2.32. The maximum atomic E-state index is 12.5. The van der Waals surface area contributed by atoms with Gasteiger partial charge in [-0.3, -0.25) is 14.4 Å². The zero-order chi connectivity index (χ0) is 22.5. The van der Waals surface area contributed by atoms with E-state index in [-0.39, 0.29) is 26.3 Å². The third-order valence-electron chi connectivity index (χ3n) is 3.50. The van der Waals surface area contributed by atoms with E-state index in [9.17, 15) is 27.6 Å². The predicted octanol–water partition coefficient (Wildman–Crippen LogP) is 4.58. The molecular weight excluding hydrogens is 472 g/mol. The summed E-state index contributed by atoms with van der Waals surface area (Å²) in [5.74, 6) is -2.48. The van der Waals surface area contributed by atoms with Crippen molar-refractivity contribution in [2.24, 2.45) is 0 Å². The molecule has 0 aliphatic carbocycles. The van der Waals surface area contributed by atoms with Gasteiger partial charge in [-0.05, 0) is 36.4 Å². The van der Waals surface area contributed by atoms with Crippen LogP contribution in [0.15, 0.2) is 36.4 Å². The van der Waals surface area contributed by atoms with Crippen LogP contribution >= 0.6 is 34.8 Å². The van der Waals surface area contributed by atoms with E-state index in [1.807, 2.05) is 0 Å². The van der Waals surface area contributed by atoms with Gasteiger partial charge >= 0.3 is 12.1 Å². The summed E-state index contributed by atoms with van der Waals surface area (Å²) < 4.78 is 42.2. The molecule has 0 radical (unpaired) electrons. The van der Waals surface area contributed by atoms with Gasteiger partial charge in [0.05, 0.1) is 21.3 Å². The molecule has 160 valence electrons. The van der Waals surface area contributed by atoms with Crippen molar-refractivity contribution in [1.82, 2.24) is 5.32 Å². The summed E-state index contributed by atoms with van der Waals surface area (Å²) in [5, 5.41) is 4.94. The maximum absolute atomic E-state index is 12.5. The number of halogens is 6. The molecule has 0 bridgehead atoms. The fourth-order valence-corrected chi connectivity index (χ4v) is 3.01. The molecule has 0 aliphatic rings. The average Bonchev–Trinajstić information content (AvgIpc) is 2.66. The Morgan fingerprint density at radius 3 is 2.07 bits per heavy atom. The first kappa shape index (κ1) is 23.8. The summed E-state index contributed by atoms with van der Waals surface area (Å²) >= 11 is 17.6. The van der Waals surface area contributed by atoms with Gasteiger partial charge in [-0.15, -0.1) is 0 Å². The summed E-state index contributed by atoms with van der Waals surface area (Å²) in [6.45, 7) is -1.29. The number of carbonyl (C=O) groups is 3. The van der Waals surface area contributed by atoms with Crippen molar-refractivity contribution in [3.8, 4) is 0 Å². The quantitative estimate of drug-likeness (QED) is 0.589. The van der Waals surface area contributed by atoms with Crippen LogP contribution in [0.1, 0.15) is 15.9 Å². The highest BCUT2D eigenvalue weighted by atomic mass is 35.5. The molecule has 0 unspecified atom stereocenters. The molecule has 0 aliphatic heterocycles. The SMILES string of the molecule is O=C(COC(=O)CNC(=O)c1ccc(C(F)(F)F)cc1)Nc1c(Cl)cc(Cl)cc1Cl. The first-order chi connectivity index (χ1) is 14.0. The highest BCUT2D eigenvalue weighted by Crippen LogP contribution is 2.33. The number of hydrogen-bond donors (Lipinski definition) is 2. The molecule has 0 saturated heterocycles. The summed E-state index contributed by atoms with van der Waals surface area (Å²) in [4.78, 5) is 35.4. The normalized spacial score (nSPS) is 11.0. The van der Waals surface area contributed by atoms with E-state index >= 15 is 0 Å². The minimum atomic E-state index is -4.53. The lowest BCUT2D eigenvalue weighted by Gasteiger charge is -2.11. The minimum Gasteiger partial charge on any atom is -0.454 e. The van der Waals surface area contributed by atoms with Gasteiger partial charge in [-0.2, -0.15) is 13.2 Å². The largest absolute Gasteiger partial charge is 0.454 e. The summed E-state index contributed by atoms with van der Waals surface area (Å²) in [7, 11) is 0. The first-order valence-corrected chi connectivity index (χ1v) is 9.16. The Hall–Kier alpha value is -2.49. The molecule has 0 atom stereocenters. The number of amides is 2. The number of hydrogen-bond acceptors (Lipinski definition) is 4. The van der Waals surface area contributed by atoms with Crippen molar-refractivity contribution >= 4 is 58.3 Å². The van der Waals surface area contributed by atoms with E-state index in [4.69, 9.17) is 39.5 Å². The summed E-state index contributed by atoms with van der Waals surface area (Å²) in [5.41, 5.74) is -0.912. The molecule has 0 spiro atoms. The number of anilines is 1. The van der Waals surface area contributed by atoms with E-state index in [2.05, 4.69) is 10.6 Å². The molecule has 2 rings (SSSR count). The fraction of sp³-hybridized carbons (Fsp3) is 0.167. The highest BCUT2D eigenvalue weighted by Gasteiger charge is 2.30. The number of carbonyl (C=O) groups excluding carboxylic acids is 3. The van der Waals surface area contributed by atoms with E-state index in [0.717, 1.165) is 24.3 Å². The molecule has 0 fully saturated rings. The third-order valence-corrected chi connectivity index (χ3v) is 4.32. The Kier molecular flexibility index (Phi) is 7.94. The molecule has 0 saturated carbocycles. The van der Waals surface area contributed by atoms with Gasteiger partial charge in [0.15, 0.2) is 6.61 Å². The van der Waals surface area contributed by atoms with Crippen LogP contribution in [-0.2, 0) is 20.5 Å². The molecule has 2 N–H and O–H groups in total. The van der Waals surface area contributed by atoms with Crippen molar-refractivity contribution in [2.75, 3.05) is 18.5 Å². The van der Waals surface area contributed by atoms with Crippen molar-refractivity contribution in [2.45, 2.75) is 6.18 Å². The summed E-state index contributed by atoms with van der Waals surface area (Å²) in [6.07, 6.45) is -4.53. The van der Waals surface area contributed by atoms with Gasteiger partial charge < -0.3 is 15.4 Å². The van der Waals surface area contributed by atoms with Crippen LogP contribution < -0.4 is 10.6 Å². The van der Waals surface area contributed by atoms with Crippen LogP contribution in [0.5, 0.6) is 0 Å². The van der Waals surface area contributed by atoms with Crippen molar-refractivity contribution < 1.29 is 32.3 Å². The second-order valence-electron chi connectivity index (χ2n) is 5.71. The number of esters is 1. The standard InChI is InChI=1S/C18H12Cl3F3N2O4/c19-11-5-12(20)16(13(21)6-11)26-14(27)8-30-15(28)7-25-17(29)9-1-3-10(4-2-9)18(22,23)24/h1-6H,7-8H2,(H,25,29)(H,26,27). The molecule has 0 aromatic heterocycles. The number of ether oxygens (including phenoxy) is 1. The van der Waals surface area contributed by atoms with Crippen LogP contribution in [0.4, 0.5) is 18.9 Å². The van der Waals surface area contributed by atoms with E-state index in [1.165, 1.54) is 12.1 Å². The fourth-order valence-electron chi connectivity index (χ4n) is 2.10. The van der Waals surface area contributed by atoms with Crippen LogP contribution in [0.3, 0.4) is 0 Å². The second-order valence-corrected chi connectivity index (χ2v) is 6.96. The van der Waals surface area contributed by atoms with Crippen molar-refractivity contribution in [3.05, 3.63) is 62.6 Å². The van der Waals surface area contributed by atoms with Crippen LogP contribution in [-0.4, -0.2) is 30.9 Å². The molecule has 2 aromatic rings. The zero-order valence-electron chi connectivity index (χ0n) is 14.8. The zero-order valence-corrected chi connectivity index (χ0v) is 17.0. The topological polar surface area (TPSA) is 84.5 Å². The lowest BCUT2D eigenvalue weighted by molar-refractivity contribution is -0.146. The van der Waals surface area contributed by atoms with Crippen molar-refractivity contribution in [1.29, 1.82) is 0 Å². The molecule has 2 aromatic carbocycles. The Morgan fingerprint density at radius 2 is 1.53 bits per heavy atom. The number of alkyl halides is 3. The number of benzene rings is 2. The number of rotatable bonds is 6. The minimum absolute atomic E-state index is 0.0796. The van der Waals surface area contributed by atoms with E-state index in [0.29, 0.717) is 0 Å². The first-order valence-electron chi connectivity index (χ1n) is 8.03. The van der Waals surface area contributed by atoms with Gasteiger partial charge in [0.25, 0.3) is 11.8 Å². The van der Waals surface area contributed by atoms with Gasteiger partial charge in [-0.25, -0.2) is 0 Å². The van der Waals surface area contributed by atoms with Crippen LogP contribution in [0, 0.1) is 0 Å². The molecule has 6 nitrogen and oxygen atoms in total. The molecule has 2 amide bonds. The van der Waals surface area contributed by atoms with E-state index in [1.54, 1.807) is 0 Å².